The van der Waals surface area contributed by atoms with Gasteiger partial charge in [-0.1, -0.05) is 41.1 Å². The summed E-state index contributed by atoms with van der Waals surface area (Å²) < 4.78 is 1.09. The molecule has 13 heavy (non-hydrogen) atoms. The maximum Gasteiger partial charge on any atom is 0.134 e. The van der Waals surface area contributed by atoms with Gasteiger partial charge >= 0.3 is 0 Å². The Bertz CT molecular complexity index is 318. The van der Waals surface area contributed by atoms with E-state index >= 15 is 0 Å². The smallest absolute Gasteiger partial charge is 0.134 e. The lowest BCUT2D eigenvalue weighted by molar-refractivity contribution is -0.116. The van der Waals surface area contributed by atoms with E-state index in [9.17, 15) is 4.79 Å². The van der Waals surface area contributed by atoms with E-state index < -0.39 is 0 Å². The Balaban J connectivity index is 3.01. The van der Waals surface area contributed by atoms with Gasteiger partial charge in [0.2, 0.25) is 0 Å². The average Bonchev–Trinajstić information content (AvgIpc) is 2.08. The van der Waals surface area contributed by atoms with Crippen LogP contribution in [0.2, 0.25) is 0 Å². The maximum atomic E-state index is 10.9. The van der Waals surface area contributed by atoms with Crippen molar-refractivity contribution in [2.24, 2.45) is 0 Å². The van der Waals surface area contributed by atoms with Gasteiger partial charge in [-0.2, -0.15) is 0 Å². The van der Waals surface area contributed by atoms with Gasteiger partial charge in [0, 0.05) is 10.9 Å². The number of carbonyl (C=O) groups is 1. The largest absolute Gasteiger partial charge is 0.300 e. The van der Waals surface area contributed by atoms with Crippen LogP contribution in [-0.4, -0.2) is 5.78 Å². The highest BCUT2D eigenvalue weighted by atomic mass is 79.9. The summed E-state index contributed by atoms with van der Waals surface area (Å²) in [5.41, 5.74) is 2.35. The zero-order chi connectivity index (χ0) is 9.84. The first-order chi connectivity index (χ1) is 6.15. The molecule has 0 heterocycles. The third kappa shape index (κ3) is 2.66. The summed E-state index contributed by atoms with van der Waals surface area (Å²) in [5.74, 6) is 0.203. The van der Waals surface area contributed by atoms with Crippen molar-refractivity contribution in [1.82, 2.24) is 0 Å². The summed E-state index contributed by atoms with van der Waals surface area (Å²) in [7, 11) is 0. The first kappa shape index (κ1) is 10.5. The number of hydrogen-bond donors (Lipinski definition) is 0. The van der Waals surface area contributed by atoms with Crippen molar-refractivity contribution in [3.05, 3.63) is 33.8 Å². The van der Waals surface area contributed by atoms with Crippen LogP contribution >= 0.6 is 15.9 Å². The zero-order valence-electron chi connectivity index (χ0n) is 7.93. The lowest BCUT2D eigenvalue weighted by Gasteiger charge is -2.06. The maximum absolute atomic E-state index is 10.9. The van der Waals surface area contributed by atoms with Gasteiger partial charge in [0.15, 0.2) is 0 Å². The molecule has 0 aromatic heterocycles. The van der Waals surface area contributed by atoms with Crippen molar-refractivity contribution >= 4 is 21.7 Å². The normalized spacial score (nSPS) is 10.1. The summed E-state index contributed by atoms with van der Waals surface area (Å²) in [4.78, 5) is 10.9. The molecule has 0 fully saturated rings. The van der Waals surface area contributed by atoms with Crippen LogP contribution in [0.5, 0.6) is 0 Å². The van der Waals surface area contributed by atoms with Crippen molar-refractivity contribution in [3.63, 3.8) is 0 Å². The number of hydrogen-bond acceptors (Lipinski definition) is 1. The second-order valence-electron chi connectivity index (χ2n) is 3.12. The molecular weight excluding hydrogens is 228 g/mol. The standard InChI is InChI=1S/C11H13BrO/c1-3-9-5-4-6-10(11(9)12)7-8(2)13/h4-6H,3,7H2,1-2H3. The molecule has 0 spiro atoms. The number of benzene rings is 1. The van der Waals surface area contributed by atoms with Crippen LogP contribution in [0.3, 0.4) is 0 Å². The van der Waals surface area contributed by atoms with E-state index in [2.05, 4.69) is 28.9 Å². The topological polar surface area (TPSA) is 17.1 Å². The van der Waals surface area contributed by atoms with E-state index in [0.717, 1.165) is 16.5 Å². The van der Waals surface area contributed by atoms with E-state index in [4.69, 9.17) is 0 Å². The van der Waals surface area contributed by atoms with Crippen molar-refractivity contribution in [1.29, 1.82) is 0 Å². The van der Waals surface area contributed by atoms with Gasteiger partial charge in [-0.05, 0) is 24.5 Å². The molecule has 0 aliphatic carbocycles. The Kier molecular flexibility index (Phi) is 3.67. The Morgan fingerprint density at radius 2 is 2.00 bits per heavy atom. The highest BCUT2D eigenvalue weighted by Crippen LogP contribution is 2.22. The van der Waals surface area contributed by atoms with Crippen molar-refractivity contribution in [3.8, 4) is 0 Å². The minimum Gasteiger partial charge on any atom is -0.300 e. The molecule has 0 unspecified atom stereocenters. The second-order valence-corrected chi connectivity index (χ2v) is 3.92. The van der Waals surface area contributed by atoms with Gasteiger partial charge in [0.1, 0.15) is 5.78 Å². The van der Waals surface area contributed by atoms with Crippen molar-refractivity contribution < 1.29 is 4.79 Å². The van der Waals surface area contributed by atoms with Gasteiger partial charge in [0.05, 0.1) is 0 Å². The minimum absolute atomic E-state index is 0.203. The molecule has 1 aromatic carbocycles. The van der Waals surface area contributed by atoms with E-state index in [1.807, 2.05) is 12.1 Å². The second kappa shape index (κ2) is 4.56. The SMILES string of the molecule is CCc1cccc(CC(C)=O)c1Br. The summed E-state index contributed by atoms with van der Waals surface area (Å²) >= 11 is 3.52. The van der Waals surface area contributed by atoms with Crippen molar-refractivity contribution in [2.75, 3.05) is 0 Å². The number of halogens is 1. The van der Waals surface area contributed by atoms with Gasteiger partial charge < -0.3 is 0 Å². The molecule has 0 amide bonds. The highest BCUT2D eigenvalue weighted by Gasteiger charge is 2.05. The molecule has 0 saturated heterocycles. The molecule has 0 bridgehead atoms. The Morgan fingerprint density at radius 1 is 1.38 bits per heavy atom. The highest BCUT2D eigenvalue weighted by molar-refractivity contribution is 9.10. The van der Waals surface area contributed by atoms with Crippen LogP contribution in [0, 0.1) is 0 Å². The van der Waals surface area contributed by atoms with Gasteiger partial charge in [-0.25, -0.2) is 0 Å². The third-order valence-corrected chi connectivity index (χ3v) is 3.00. The first-order valence-corrected chi connectivity index (χ1v) is 5.20. The van der Waals surface area contributed by atoms with Gasteiger partial charge in [-0.15, -0.1) is 0 Å². The summed E-state index contributed by atoms with van der Waals surface area (Å²) in [6, 6.07) is 6.07. The Hall–Kier alpha value is -0.630. The van der Waals surface area contributed by atoms with Crippen LogP contribution in [0.25, 0.3) is 0 Å². The number of carbonyl (C=O) groups excluding carboxylic acids is 1. The van der Waals surface area contributed by atoms with E-state index in [1.165, 1.54) is 5.56 Å². The molecule has 1 aromatic rings. The molecule has 0 radical (unpaired) electrons. The molecule has 2 heteroatoms. The third-order valence-electron chi connectivity index (χ3n) is 1.98. The van der Waals surface area contributed by atoms with Crippen LogP contribution in [-0.2, 0) is 17.6 Å². The fourth-order valence-corrected chi connectivity index (χ4v) is 2.00. The quantitative estimate of drug-likeness (QED) is 0.794. The predicted octanol–water partition coefficient (Wildman–Crippen LogP) is 3.14. The molecular formula is C11H13BrO. The Morgan fingerprint density at radius 3 is 2.54 bits per heavy atom. The molecule has 0 aliphatic rings. The monoisotopic (exact) mass is 240 g/mol. The molecule has 1 nitrogen and oxygen atoms in total. The van der Waals surface area contributed by atoms with Gasteiger partial charge in [0.25, 0.3) is 0 Å². The molecule has 70 valence electrons. The zero-order valence-corrected chi connectivity index (χ0v) is 9.52. The van der Waals surface area contributed by atoms with Crippen LogP contribution in [0.1, 0.15) is 25.0 Å². The fraction of sp³-hybridized carbons (Fsp3) is 0.364. The summed E-state index contributed by atoms with van der Waals surface area (Å²) in [6.07, 6.45) is 1.51. The van der Waals surface area contributed by atoms with Gasteiger partial charge in [-0.3, -0.25) is 4.79 Å². The number of rotatable bonds is 3. The Labute approximate surface area is 87.3 Å². The molecule has 0 saturated carbocycles. The van der Waals surface area contributed by atoms with Crippen LogP contribution in [0.15, 0.2) is 22.7 Å². The first-order valence-electron chi connectivity index (χ1n) is 4.40. The summed E-state index contributed by atoms with van der Waals surface area (Å²) in [6.45, 7) is 3.72. The molecule has 1 rings (SSSR count). The van der Waals surface area contributed by atoms with Crippen LogP contribution in [0.4, 0.5) is 0 Å². The summed E-state index contributed by atoms with van der Waals surface area (Å²) in [5, 5.41) is 0. The fourth-order valence-electron chi connectivity index (χ4n) is 1.31. The number of Topliss-reactive ketones (excluding diaryl/α,β-unsaturated/α-hetero) is 1. The minimum atomic E-state index is 0.203. The number of aryl methyl sites for hydroxylation is 1. The predicted molar refractivity (Wildman–Crippen MR) is 57.9 cm³/mol. The molecule has 0 N–H and O–H groups in total. The molecule has 0 aliphatic heterocycles. The molecule has 0 atom stereocenters. The van der Waals surface area contributed by atoms with E-state index in [0.29, 0.717) is 6.42 Å². The lowest BCUT2D eigenvalue weighted by atomic mass is 10.1. The van der Waals surface area contributed by atoms with E-state index in [1.54, 1.807) is 6.92 Å². The van der Waals surface area contributed by atoms with E-state index in [-0.39, 0.29) is 5.78 Å². The van der Waals surface area contributed by atoms with Crippen LogP contribution < -0.4 is 0 Å². The van der Waals surface area contributed by atoms with Crippen molar-refractivity contribution in [2.45, 2.75) is 26.7 Å². The average molecular weight is 241 g/mol. The lowest BCUT2D eigenvalue weighted by Crippen LogP contribution is -1.98. The number of ketones is 1.